The monoisotopic (exact) mass is 400 g/mol. The van der Waals surface area contributed by atoms with Crippen LogP contribution in [-0.4, -0.2) is 44.3 Å². The zero-order valence-corrected chi connectivity index (χ0v) is 16.8. The van der Waals surface area contributed by atoms with Gasteiger partial charge in [-0.1, -0.05) is 11.8 Å². The van der Waals surface area contributed by atoms with Crippen molar-refractivity contribution in [1.82, 2.24) is 19.6 Å². The molecule has 0 aliphatic heterocycles. The van der Waals surface area contributed by atoms with Gasteiger partial charge in [-0.3, -0.25) is 9.59 Å². The fourth-order valence-electron chi connectivity index (χ4n) is 2.61. The Kier molecular flexibility index (Phi) is 5.78. The molecule has 2 aromatic heterocycles. The van der Waals surface area contributed by atoms with Gasteiger partial charge < -0.3 is 15.4 Å². The van der Waals surface area contributed by atoms with Crippen LogP contribution in [0.5, 0.6) is 5.75 Å². The summed E-state index contributed by atoms with van der Waals surface area (Å²) in [4.78, 5) is 32.3. The molecule has 2 N–H and O–H groups in total. The quantitative estimate of drug-likeness (QED) is 0.612. The lowest BCUT2D eigenvalue weighted by Gasteiger charge is -2.12. The van der Waals surface area contributed by atoms with Crippen molar-refractivity contribution in [3.8, 4) is 5.75 Å². The number of rotatable bonds is 6. The van der Waals surface area contributed by atoms with E-state index in [1.54, 1.807) is 22.7 Å². The maximum atomic E-state index is 12.4. The van der Waals surface area contributed by atoms with E-state index in [-0.39, 0.29) is 17.6 Å². The zero-order valence-electron chi connectivity index (χ0n) is 15.9. The van der Waals surface area contributed by atoms with Crippen LogP contribution in [0.15, 0.2) is 29.4 Å². The minimum atomic E-state index is -0.247. The Labute approximate surface area is 165 Å². The van der Waals surface area contributed by atoms with Crippen LogP contribution in [0, 0.1) is 13.8 Å². The van der Waals surface area contributed by atoms with E-state index in [4.69, 9.17) is 4.74 Å². The van der Waals surface area contributed by atoms with Crippen molar-refractivity contribution in [3.05, 3.63) is 35.7 Å². The number of nitrogens with one attached hydrogen (secondary N) is 2. The SMILES string of the molecule is COc1ccc(NC(C)=O)cc1NC(=O)CSc1nc2nc(C)cc(C)n2n1. The van der Waals surface area contributed by atoms with Gasteiger partial charge in [-0.15, -0.1) is 5.10 Å². The number of carbonyl (C=O) groups is 2. The van der Waals surface area contributed by atoms with Crippen molar-refractivity contribution in [2.75, 3.05) is 23.5 Å². The number of thioether (sulfide) groups is 1. The average molecular weight is 400 g/mol. The van der Waals surface area contributed by atoms with Crippen LogP contribution in [0.3, 0.4) is 0 Å². The molecule has 0 saturated heterocycles. The number of anilines is 2. The van der Waals surface area contributed by atoms with Crippen LogP contribution in [0.4, 0.5) is 11.4 Å². The third-order valence-corrected chi connectivity index (χ3v) is 4.56. The normalized spacial score (nSPS) is 10.7. The summed E-state index contributed by atoms with van der Waals surface area (Å²) in [6, 6.07) is 6.93. The number of aryl methyl sites for hydroxylation is 2. The molecule has 2 amide bonds. The molecule has 3 rings (SSSR count). The maximum Gasteiger partial charge on any atom is 0.253 e. The van der Waals surface area contributed by atoms with Crippen LogP contribution in [-0.2, 0) is 9.59 Å². The van der Waals surface area contributed by atoms with E-state index in [2.05, 4.69) is 25.7 Å². The summed E-state index contributed by atoms with van der Waals surface area (Å²) in [5.41, 5.74) is 2.81. The van der Waals surface area contributed by atoms with E-state index in [1.165, 1.54) is 25.8 Å². The summed E-state index contributed by atoms with van der Waals surface area (Å²) in [6.45, 7) is 5.23. The fourth-order valence-corrected chi connectivity index (χ4v) is 3.23. The molecule has 9 nitrogen and oxygen atoms in total. The van der Waals surface area contributed by atoms with Gasteiger partial charge in [0, 0.05) is 24.0 Å². The molecule has 28 heavy (non-hydrogen) atoms. The van der Waals surface area contributed by atoms with Gasteiger partial charge in [-0.05, 0) is 38.1 Å². The second-order valence-electron chi connectivity index (χ2n) is 6.08. The topological polar surface area (TPSA) is 111 Å². The number of amides is 2. The Morgan fingerprint density at radius 2 is 1.96 bits per heavy atom. The molecule has 0 radical (unpaired) electrons. The Morgan fingerprint density at radius 3 is 2.68 bits per heavy atom. The van der Waals surface area contributed by atoms with Crippen LogP contribution in [0.25, 0.3) is 5.78 Å². The van der Waals surface area contributed by atoms with Gasteiger partial charge in [0.2, 0.25) is 17.0 Å². The maximum absolute atomic E-state index is 12.4. The Morgan fingerprint density at radius 1 is 1.18 bits per heavy atom. The molecule has 10 heteroatoms. The van der Waals surface area contributed by atoms with E-state index < -0.39 is 0 Å². The van der Waals surface area contributed by atoms with Crippen LogP contribution >= 0.6 is 11.8 Å². The smallest absolute Gasteiger partial charge is 0.253 e. The number of fused-ring (bicyclic) bond motifs is 1. The molecule has 1 aromatic carbocycles. The molecule has 3 aromatic rings. The summed E-state index contributed by atoms with van der Waals surface area (Å²) >= 11 is 1.21. The second-order valence-corrected chi connectivity index (χ2v) is 7.02. The van der Waals surface area contributed by atoms with Gasteiger partial charge in [0.05, 0.1) is 18.6 Å². The predicted molar refractivity (Wildman–Crippen MR) is 107 cm³/mol. The largest absolute Gasteiger partial charge is 0.495 e. The number of ether oxygens (including phenoxy) is 1. The number of aromatic nitrogens is 4. The lowest BCUT2D eigenvalue weighted by atomic mass is 10.2. The Hall–Kier alpha value is -3.14. The highest BCUT2D eigenvalue weighted by Gasteiger charge is 2.13. The number of methoxy groups -OCH3 is 1. The minimum absolute atomic E-state index is 0.114. The van der Waals surface area contributed by atoms with Gasteiger partial charge in [-0.25, -0.2) is 9.50 Å². The number of benzene rings is 1. The summed E-state index contributed by atoms with van der Waals surface area (Å²) < 4.78 is 6.91. The van der Waals surface area contributed by atoms with Gasteiger partial charge in [0.15, 0.2) is 0 Å². The second kappa shape index (κ2) is 8.26. The molecular weight excluding hydrogens is 380 g/mol. The highest BCUT2D eigenvalue weighted by molar-refractivity contribution is 7.99. The molecule has 0 aliphatic rings. The van der Waals surface area contributed by atoms with Gasteiger partial charge >= 0.3 is 0 Å². The standard InChI is InChI=1S/C18H20N6O3S/c1-10-7-11(2)24-17(19-10)22-18(23-24)28-9-16(26)21-14-8-13(20-12(3)25)5-6-15(14)27-4/h5-8H,9H2,1-4H3,(H,20,25)(H,21,26). The molecule has 0 aliphatic carbocycles. The van der Waals surface area contributed by atoms with Crippen LogP contribution in [0.2, 0.25) is 0 Å². The van der Waals surface area contributed by atoms with E-state index in [1.807, 2.05) is 19.9 Å². The first kappa shape index (κ1) is 19.6. The molecule has 0 spiro atoms. The number of hydrogen-bond acceptors (Lipinski definition) is 7. The third kappa shape index (κ3) is 4.58. The van der Waals surface area contributed by atoms with Gasteiger partial charge in [0.1, 0.15) is 5.75 Å². The lowest BCUT2D eigenvalue weighted by molar-refractivity contribution is -0.114. The first-order valence-electron chi connectivity index (χ1n) is 8.45. The lowest BCUT2D eigenvalue weighted by Crippen LogP contribution is -2.15. The first-order valence-corrected chi connectivity index (χ1v) is 9.43. The molecule has 146 valence electrons. The van der Waals surface area contributed by atoms with Crippen molar-refractivity contribution in [2.45, 2.75) is 25.9 Å². The summed E-state index contributed by atoms with van der Waals surface area (Å²) in [6.07, 6.45) is 0. The average Bonchev–Trinajstić information content (AvgIpc) is 3.03. The van der Waals surface area contributed by atoms with E-state index in [0.29, 0.717) is 28.1 Å². The number of carbonyl (C=O) groups excluding carboxylic acids is 2. The third-order valence-electron chi connectivity index (χ3n) is 3.73. The van der Waals surface area contributed by atoms with Crippen LogP contribution < -0.4 is 15.4 Å². The number of nitrogens with zero attached hydrogens (tertiary/aromatic N) is 4. The molecule has 0 saturated carbocycles. The Balaban J connectivity index is 1.69. The van der Waals surface area contributed by atoms with Gasteiger partial charge in [0.25, 0.3) is 5.78 Å². The van der Waals surface area contributed by atoms with Crippen LogP contribution in [0.1, 0.15) is 18.3 Å². The predicted octanol–water partition coefficient (Wildman–Crippen LogP) is 2.44. The van der Waals surface area contributed by atoms with Crippen molar-refractivity contribution in [2.24, 2.45) is 0 Å². The van der Waals surface area contributed by atoms with E-state index in [0.717, 1.165) is 11.4 Å². The molecule has 0 fully saturated rings. The molecule has 0 bridgehead atoms. The summed E-state index contributed by atoms with van der Waals surface area (Å²) in [5, 5.41) is 10.3. The minimum Gasteiger partial charge on any atom is -0.495 e. The molecule has 0 unspecified atom stereocenters. The highest BCUT2D eigenvalue weighted by Crippen LogP contribution is 2.28. The van der Waals surface area contributed by atoms with Crippen molar-refractivity contribution in [3.63, 3.8) is 0 Å². The number of hydrogen-bond donors (Lipinski definition) is 2. The van der Waals surface area contributed by atoms with Gasteiger partial charge in [-0.2, -0.15) is 4.98 Å². The van der Waals surface area contributed by atoms with Crippen molar-refractivity contribution >= 4 is 40.7 Å². The van der Waals surface area contributed by atoms with E-state index >= 15 is 0 Å². The van der Waals surface area contributed by atoms with Crippen molar-refractivity contribution < 1.29 is 14.3 Å². The highest BCUT2D eigenvalue weighted by atomic mass is 32.2. The summed E-state index contributed by atoms with van der Waals surface area (Å²) in [7, 11) is 1.51. The first-order chi connectivity index (χ1) is 13.4. The van der Waals surface area contributed by atoms with E-state index in [9.17, 15) is 9.59 Å². The fraction of sp³-hybridized carbons (Fsp3) is 0.278. The molecular formula is C18H20N6O3S. The molecule has 2 heterocycles. The summed E-state index contributed by atoms with van der Waals surface area (Å²) in [5.74, 6) is 0.666. The van der Waals surface area contributed by atoms with Crippen molar-refractivity contribution in [1.29, 1.82) is 0 Å². The zero-order chi connectivity index (χ0) is 20.3. The molecule has 0 atom stereocenters. The Bertz CT molecular complexity index is 1050.